The molecule has 1 saturated heterocycles. The molecule has 3 heterocycles. The maximum atomic E-state index is 13.2. The number of nitrogens with zero attached hydrogens (tertiary/aromatic N) is 2. The molecular weight excluding hydrogens is 680 g/mol. The van der Waals surface area contributed by atoms with Gasteiger partial charge in [-0.25, -0.2) is 30.6 Å². The summed E-state index contributed by atoms with van der Waals surface area (Å²) in [5.41, 5.74) is 1.52. The Labute approximate surface area is 290 Å². The van der Waals surface area contributed by atoms with Crippen molar-refractivity contribution in [3.05, 3.63) is 115 Å². The first-order valence-electron chi connectivity index (χ1n) is 16.0. The van der Waals surface area contributed by atoms with E-state index in [9.17, 15) is 26.0 Å². The first-order chi connectivity index (χ1) is 23.7. The average molecular weight is 717 g/mol. The Hall–Kier alpha value is -4.98. The van der Waals surface area contributed by atoms with Gasteiger partial charge in [-0.2, -0.15) is 0 Å². The highest BCUT2D eigenvalue weighted by atomic mass is 32.2. The normalized spacial score (nSPS) is 14.0. The molecule has 10 nitrogen and oxygen atoms in total. The maximum absolute atomic E-state index is 13.2. The largest absolute Gasteiger partial charge is 0.443 e. The fourth-order valence-corrected chi connectivity index (χ4v) is 8.34. The summed E-state index contributed by atoms with van der Waals surface area (Å²) >= 11 is 0. The molecule has 1 aliphatic rings. The zero-order valence-corrected chi connectivity index (χ0v) is 29.4. The number of aromatic amines is 1. The van der Waals surface area contributed by atoms with Crippen LogP contribution in [0.15, 0.2) is 129 Å². The van der Waals surface area contributed by atoms with Crippen molar-refractivity contribution in [1.29, 1.82) is 0 Å². The molecule has 0 saturated carbocycles. The van der Waals surface area contributed by atoms with Crippen LogP contribution in [0.25, 0.3) is 21.8 Å². The van der Waals surface area contributed by atoms with E-state index in [2.05, 4.69) is 15.2 Å². The van der Waals surface area contributed by atoms with E-state index in [1.54, 1.807) is 63.2 Å². The molecule has 0 aliphatic carbocycles. The standard InChI is InChI=1S/C19H18FNO4S.C18H19N3O2S/c1-19(2,3)25-18(22)21-16-7-5-4-6-13(16)12-17(21)26(23,24)15-10-8-14(20)9-11-15;22-24(23,18-13-14-3-1-2-4-17(14)20-18)16-7-5-15(6-8-16)21-11-9-19-10-12-21/h4-12H,1-3H3;1-8,13,19-20H,9-12H2. The number of carbonyl (C=O) groups is 1. The lowest BCUT2D eigenvalue weighted by Gasteiger charge is -2.29. The van der Waals surface area contributed by atoms with E-state index in [0.29, 0.717) is 15.8 Å². The number of fused-ring (bicyclic) bond motifs is 2. The number of H-pyrrole nitrogens is 1. The molecule has 0 amide bonds. The van der Waals surface area contributed by atoms with Gasteiger partial charge in [0.2, 0.25) is 19.7 Å². The number of anilines is 1. The molecule has 1 aliphatic heterocycles. The lowest BCUT2D eigenvalue weighted by Crippen LogP contribution is -2.43. The first-order valence-corrected chi connectivity index (χ1v) is 18.9. The zero-order valence-electron chi connectivity index (χ0n) is 27.8. The highest BCUT2D eigenvalue weighted by molar-refractivity contribution is 7.91. The van der Waals surface area contributed by atoms with Crippen LogP contribution in [0.2, 0.25) is 0 Å². The number of piperazine rings is 1. The summed E-state index contributed by atoms with van der Waals surface area (Å²) < 4.78 is 71.4. The second-order valence-electron chi connectivity index (χ2n) is 12.8. The number of carbonyl (C=O) groups excluding carboxylic acids is 1. The van der Waals surface area contributed by atoms with Crippen LogP contribution in [0.3, 0.4) is 0 Å². The van der Waals surface area contributed by atoms with Gasteiger partial charge in [0.15, 0.2) is 5.03 Å². The van der Waals surface area contributed by atoms with Crippen molar-refractivity contribution in [3.63, 3.8) is 0 Å². The smallest absolute Gasteiger partial charge is 0.420 e. The van der Waals surface area contributed by atoms with Gasteiger partial charge in [0.25, 0.3) is 0 Å². The highest BCUT2D eigenvalue weighted by Gasteiger charge is 2.29. The van der Waals surface area contributed by atoms with Crippen LogP contribution >= 0.6 is 0 Å². The van der Waals surface area contributed by atoms with E-state index in [-0.39, 0.29) is 14.9 Å². The predicted octanol–water partition coefficient (Wildman–Crippen LogP) is 6.81. The van der Waals surface area contributed by atoms with Gasteiger partial charge in [-0.1, -0.05) is 36.4 Å². The molecular formula is C37H37FN4O6S2. The number of benzene rings is 4. The van der Waals surface area contributed by atoms with Crippen molar-refractivity contribution in [3.8, 4) is 0 Å². The molecule has 2 aromatic heterocycles. The number of ether oxygens (including phenoxy) is 1. The number of sulfone groups is 2. The lowest BCUT2D eigenvalue weighted by atomic mass is 10.2. The van der Waals surface area contributed by atoms with Crippen molar-refractivity contribution in [2.45, 2.75) is 46.2 Å². The second kappa shape index (κ2) is 13.7. The SMILES string of the molecule is CC(C)(C)OC(=O)n1c(S(=O)(=O)c2ccc(F)cc2)cc2ccccc21.O=S(=O)(c1ccc(N2CCNCC2)cc1)c1cc2ccccc2[nH]1. The van der Waals surface area contributed by atoms with Gasteiger partial charge in [0.1, 0.15) is 16.4 Å². The van der Waals surface area contributed by atoms with E-state index in [1.807, 2.05) is 36.4 Å². The zero-order chi connectivity index (χ0) is 35.7. The average Bonchev–Trinajstić information content (AvgIpc) is 3.72. The third-order valence-corrected chi connectivity index (χ3v) is 11.5. The van der Waals surface area contributed by atoms with Crippen molar-refractivity contribution < 1.29 is 30.8 Å². The minimum atomic E-state index is -4.05. The van der Waals surface area contributed by atoms with Gasteiger partial charge in [-0.05, 0) is 93.6 Å². The van der Waals surface area contributed by atoms with Gasteiger partial charge < -0.3 is 19.9 Å². The highest BCUT2D eigenvalue weighted by Crippen LogP contribution is 2.30. The number of halogens is 1. The first kappa shape index (κ1) is 34.9. The molecule has 1 fully saturated rings. The molecule has 0 atom stereocenters. The fraction of sp³-hybridized carbons (Fsp3) is 0.216. The van der Waals surface area contributed by atoms with Crippen molar-refractivity contribution >= 4 is 53.3 Å². The molecule has 7 rings (SSSR count). The Morgan fingerprint density at radius 1 is 0.740 bits per heavy atom. The van der Waals surface area contributed by atoms with Crippen molar-refractivity contribution in [2.24, 2.45) is 0 Å². The Morgan fingerprint density at radius 3 is 1.96 bits per heavy atom. The minimum Gasteiger partial charge on any atom is -0.443 e. The number of rotatable bonds is 5. The number of hydrogen-bond acceptors (Lipinski definition) is 8. The molecule has 4 aromatic carbocycles. The number of hydrogen-bond donors (Lipinski definition) is 2. The van der Waals surface area contributed by atoms with Crippen LogP contribution in [-0.4, -0.2) is 64.3 Å². The number of para-hydroxylation sites is 2. The lowest BCUT2D eigenvalue weighted by molar-refractivity contribution is 0.0530. The summed E-state index contributed by atoms with van der Waals surface area (Å²) in [6.45, 7) is 8.88. The summed E-state index contributed by atoms with van der Waals surface area (Å²) in [5, 5.41) is 4.80. The Bertz CT molecular complexity index is 2340. The van der Waals surface area contributed by atoms with Gasteiger partial charge in [-0.15, -0.1) is 0 Å². The molecule has 6 aromatic rings. The molecule has 2 N–H and O–H groups in total. The van der Waals surface area contributed by atoms with Crippen LogP contribution in [0.5, 0.6) is 0 Å². The van der Waals surface area contributed by atoms with Gasteiger partial charge in [0.05, 0.1) is 15.3 Å². The van der Waals surface area contributed by atoms with Crippen LogP contribution in [-0.2, 0) is 24.4 Å². The summed E-state index contributed by atoms with van der Waals surface area (Å²) in [6.07, 6.45) is -0.792. The third-order valence-electron chi connectivity index (χ3n) is 8.08. The maximum Gasteiger partial charge on any atom is 0.420 e. The van der Waals surface area contributed by atoms with E-state index >= 15 is 0 Å². The van der Waals surface area contributed by atoms with Crippen LogP contribution < -0.4 is 10.2 Å². The molecule has 50 heavy (non-hydrogen) atoms. The molecule has 0 bridgehead atoms. The quantitative estimate of drug-likeness (QED) is 0.186. The van der Waals surface area contributed by atoms with E-state index in [1.165, 1.54) is 18.2 Å². The predicted molar refractivity (Wildman–Crippen MR) is 191 cm³/mol. The molecule has 260 valence electrons. The van der Waals surface area contributed by atoms with E-state index in [0.717, 1.165) is 59.5 Å². The van der Waals surface area contributed by atoms with E-state index < -0.39 is 37.2 Å². The second-order valence-corrected chi connectivity index (χ2v) is 16.6. The van der Waals surface area contributed by atoms with Crippen molar-refractivity contribution in [1.82, 2.24) is 14.9 Å². The number of nitrogens with one attached hydrogen (secondary N) is 2. The molecule has 0 radical (unpaired) electrons. The topological polar surface area (TPSA) is 131 Å². The molecule has 0 spiro atoms. The monoisotopic (exact) mass is 716 g/mol. The summed E-state index contributed by atoms with van der Waals surface area (Å²) in [6, 6.07) is 29.1. The van der Waals surface area contributed by atoms with Gasteiger partial charge >= 0.3 is 6.09 Å². The van der Waals surface area contributed by atoms with Crippen LogP contribution in [0, 0.1) is 5.82 Å². The number of aromatic nitrogens is 2. The summed E-state index contributed by atoms with van der Waals surface area (Å²) in [4.78, 5) is 18.2. The Kier molecular flexibility index (Phi) is 9.58. The van der Waals surface area contributed by atoms with Crippen LogP contribution in [0.1, 0.15) is 20.8 Å². The van der Waals surface area contributed by atoms with Gasteiger partial charge in [0, 0.05) is 48.2 Å². The van der Waals surface area contributed by atoms with Crippen LogP contribution in [0.4, 0.5) is 14.9 Å². The molecule has 13 heteroatoms. The van der Waals surface area contributed by atoms with Gasteiger partial charge in [-0.3, -0.25) is 0 Å². The summed E-state index contributed by atoms with van der Waals surface area (Å²) in [5.74, 6) is -0.545. The fourth-order valence-electron chi connectivity index (χ4n) is 5.64. The third kappa shape index (κ3) is 7.30. The minimum absolute atomic E-state index is 0.105. The summed E-state index contributed by atoms with van der Waals surface area (Å²) in [7, 11) is -7.59. The Balaban J connectivity index is 0.000000173. The Morgan fingerprint density at radius 2 is 1.32 bits per heavy atom. The van der Waals surface area contributed by atoms with Crippen molar-refractivity contribution in [2.75, 3.05) is 31.1 Å². The molecule has 0 unspecified atom stereocenters. The van der Waals surface area contributed by atoms with E-state index in [4.69, 9.17) is 4.74 Å².